The summed E-state index contributed by atoms with van der Waals surface area (Å²) < 4.78 is 42.9. The third-order valence-corrected chi connectivity index (χ3v) is 5.34. The summed E-state index contributed by atoms with van der Waals surface area (Å²) in [5.41, 5.74) is 0.795. The SMILES string of the molecule is CC1CCN(C(=O)c2ccc(C3CCNCC3)cc2OC(F)(F)F)CC1. The number of alkyl halides is 3. The quantitative estimate of drug-likeness (QED) is 0.877. The molecule has 26 heavy (non-hydrogen) atoms. The highest BCUT2D eigenvalue weighted by Crippen LogP contribution is 2.34. The van der Waals surface area contributed by atoms with Crippen molar-refractivity contribution >= 4 is 5.91 Å². The van der Waals surface area contributed by atoms with Crippen LogP contribution in [0.4, 0.5) is 13.2 Å². The normalized spacial score (nSPS) is 20.2. The molecule has 3 rings (SSSR count). The van der Waals surface area contributed by atoms with Crippen LogP contribution in [-0.4, -0.2) is 43.3 Å². The summed E-state index contributed by atoms with van der Waals surface area (Å²) >= 11 is 0. The molecule has 0 unspecified atom stereocenters. The van der Waals surface area contributed by atoms with Crippen molar-refractivity contribution in [3.8, 4) is 5.75 Å². The summed E-state index contributed by atoms with van der Waals surface area (Å²) in [6.07, 6.45) is -1.35. The monoisotopic (exact) mass is 370 g/mol. The predicted octanol–water partition coefficient (Wildman–Crippen LogP) is 3.92. The van der Waals surface area contributed by atoms with Gasteiger partial charge >= 0.3 is 6.36 Å². The highest BCUT2D eigenvalue weighted by molar-refractivity contribution is 5.97. The molecule has 0 saturated carbocycles. The maximum absolute atomic E-state index is 12.9. The van der Waals surface area contributed by atoms with Crippen molar-refractivity contribution in [2.45, 2.75) is 44.9 Å². The van der Waals surface area contributed by atoms with Crippen LogP contribution in [0.15, 0.2) is 18.2 Å². The third-order valence-electron chi connectivity index (χ3n) is 5.34. The summed E-state index contributed by atoms with van der Waals surface area (Å²) in [6, 6.07) is 4.68. The number of nitrogens with one attached hydrogen (secondary N) is 1. The Bertz CT molecular complexity index is 634. The molecule has 0 aliphatic carbocycles. The minimum atomic E-state index is -4.82. The number of piperidine rings is 2. The van der Waals surface area contributed by atoms with E-state index >= 15 is 0 Å². The molecule has 0 spiro atoms. The maximum atomic E-state index is 12.9. The van der Waals surface area contributed by atoms with Gasteiger partial charge in [0.25, 0.3) is 5.91 Å². The van der Waals surface area contributed by atoms with Crippen LogP contribution >= 0.6 is 0 Å². The number of carbonyl (C=O) groups is 1. The number of nitrogens with zero attached hydrogens (tertiary/aromatic N) is 1. The zero-order valence-electron chi connectivity index (χ0n) is 14.9. The van der Waals surface area contributed by atoms with E-state index in [2.05, 4.69) is 17.0 Å². The molecule has 4 nitrogen and oxygen atoms in total. The molecule has 7 heteroatoms. The van der Waals surface area contributed by atoms with E-state index in [-0.39, 0.29) is 23.1 Å². The van der Waals surface area contributed by atoms with E-state index in [9.17, 15) is 18.0 Å². The minimum absolute atomic E-state index is 0.00503. The molecule has 1 aromatic rings. The van der Waals surface area contributed by atoms with Crippen LogP contribution in [-0.2, 0) is 0 Å². The second kappa shape index (κ2) is 7.86. The lowest BCUT2D eigenvalue weighted by Crippen LogP contribution is -2.38. The molecule has 2 heterocycles. The Morgan fingerprint density at radius 1 is 1.15 bits per heavy atom. The molecular formula is C19H25F3N2O2. The molecule has 1 N–H and O–H groups in total. The lowest BCUT2D eigenvalue weighted by Gasteiger charge is -2.31. The van der Waals surface area contributed by atoms with Gasteiger partial charge in [0.1, 0.15) is 5.75 Å². The van der Waals surface area contributed by atoms with Gasteiger partial charge in [0.05, 0.1) is 5.56 Å². The molecule has 2 aliphatic rings. The van der Waals surface area contributed by atoms with E-state index in [1.165, 1.54) is 12.1 Å². The van der Waals surface area contributed by atoms with E-state index in [4.69, 9.17) is 0 Å². The maximum Gasteiger partial charge on any atom is 0.573 e. The molecule has 0 aromatic heterocycles. The molecule has 0 radical (unpaired) electrons. The van der Waals surface area contributed by atoms with Crippen LogP contribution in [0.1, 0.15) is 54.4 Å². The average Bonchev–Trinajstić information content (AvgIpc) is 2.61. The topological polar surface area (TPSA) is 41.6 Å². The zero-order valence-corrected chi connectivity index (χ0v) is 14.9. The molecule has 2 fully saturated rings. The smallest absolute Gasteiger partial charge is 0.405 e. The van der Waals surface area contributed by atoms with Gasteiger partial charge in [-0.15, -0.1) is 13.2 Å². The fourth-order valence-corrected chi connectivity index (χ4v) is 3.72. The van der Waals surface area contributed by atoms with Gasteiger partial charge < -0.3 is 15.0 Å². The molecule has 2 aliphatic heterocycles. The van der Waals surface area contributed by atoms with Crippen LogP contribution in [0, 0.1) is 5.92 Å². The van der Waals surface area contributed by atoms with E-state index in [1.54, 1.807) is 11.0 Å². The zero-order chi connectivity index (χ0) is 18.7. The molecule has 144 valence electrons. The van der Waals surface area contributed by atoms with E-state index in [0.29, 0.717) is 19.0 Å². The number of ether oxygens (including phenoxy) is 1. The highest BCUT2D eigenvalue weighted by Gasteiger charge is 2.34. The van der Waals surface area contributed by atoms with E-state index in [0.717, 1.165) is 44.3 Å². The fraction of sp³-hybridized carbons (Fsp3) is 0.632. The molecule has 1 aromatic carbocycles. The molecule has 2 saturated heterocycles. The van der Waals surface area contributed by atoms with E-state index in [1.807, 2.05) is 0 Å². The summed E-state index contributed by atoms with van der Waals surface area (Å²) in [5, 5.41) is 3.24. The number of amides is 1. The van der Waals surface area contributed by atoms with Crippen LogP contribution in [0.25, 0.3) is 0 Å². The Labute approximate surface area is 151 Å². The highest BCUT2D eigenvalue weighted by atomic mass is 19.4. The minimum Gasteiger partial charge on any atom is -0.405 e. The lowest BCUT2D eigenvalue weighted by molar-refractivity contribution is -0.274. The Kier molecular flexibility index (Phi) is 5.75. The Morgan fingerprint density at radius 3 is 2.42 bits per heavy atom. The number of hydrogen-bond donors (Lipinski definition) is 1. The van der Waals surface area contributed by atoms with Gasteiger partial charge in [-0.25, -0.2) is 0 Å². The number of carbonyl (C=O) groups excluding carboxylic acids is 1. The Balaban J connectivity index is 1.86. The second-order valence-corrected chi connectivity index (χ2v) is 7.30. The van der Waals surface area contributed by atoms with Crippen molar-refractivity contribution in [1.82, 2.24) is 10.2 Å². The molecule has 0 bridgehead atoms. The van der Waals surface area contributed by atoms with Crippen LogP contribution in [0.2, 0.25) is 0 Å². The first-order valence-electron chi connectivity index (χ1n) is 9.23. The van der Waals surface area contributed by atoms with Crippen molar-refractivity contribution < 1.29 is 22.7 Å². The van der Waals surface area contributed by atoms with Gasteiger partial charge in [0, 0.05) is 13.1 Å². The first-order valence-corrected chi connectivity index (χ1v) is 9.23. The van der Waals surface area contributed by atoms with Crippen molar-refractivity contribution in [3.63, 3.8) is 0 Å². The first kappa shape index (κ1) is 19.0. The number of halogens is 3. The lowest BCUT2D eigenvalue weighted by atomic mass is 9.89. The summed E-state index contributed by atoms with van der Waals surface area (Å²) in [6.45, 7) is 4.94. The van der Waals surface area contributed by atoms with Crippen molar-refractivity contribution in [2.75, 3.05) is 26.2 Å². The van der Waals surface area contributed by atoms with Gasteiger partial charge in [-0.2, -0.15) is 0 Å². The number of benzene rings is 1. The Morgan fingerprint density at radius 2 is 1.81 bits per heavy atom. The van der Waals surface area contributed by atoms with Crippen LogP contribution in [0.3, 0.4) is 0 Å². The van der Waals surface area contributed by atoms with Gasteiger partial charge in [0.2, 0.25) is 0 Å². The average molecular weight is 370 g/mol. The number of rotatable bonds is 3. The number of likely N-dealkylation sites (tertiary alicyclic amines) is 1. The van der Waals surface area contributed by atoms with Gasteiger partial charge in [0.15, 0.2) is 0 Å². The first-order chi connectivity index (χ1) is 12.3. The van der Waals surface area contributed by atoms with Crippen molar-refractivity contribution in [2.24, 2.45) is 5.92 Å². The van der Waals surface area contributed by atoms with Crippen molar-refractivity contribution in [3.05, 3.63) is 29.3 Å². The summed E-state index contributed by atoms with van der Waals surface area (Å²) in [4.78, 5) is 14.4. The van der Waals surface area contributed by atoms with Gasteiger partial charge in [-0.1, -0.05) is 13.0 Å². The summed E-state index contributed by atoms with van der Waals surface area (Å²) in [5.74, 6) is -0.0378. The molecule has 0 atom stereocenters. The summed E-state index contributed by atoms with van der Waals surface area (Å²) in [7, 11) is 0. The predicted molar refractivity (Wildman–Crippen MR) is 92.3 cm³/mol. The third kappa shape index (κ3) is 4.69. The molecular weight excluding hydrogens is 345 g/mol. The largest absolute Gasteiger partial charge is 0.573 e. The van der Waals surface area contributed by atoms with Gasteiger partial charge in [-0.3, -0.25) is 4.79 Å². The van der Waals surface area contributed by atoms with Crippen LogP contribution in [0.5, 0.6) is 5.75 Å². The molecule has 1 amide bonds. The number of hydrogen-bond acceptors (Lipinski definition) is 3. The standard InChI is InChI=1S/C19H25F3N2O2/c1-13-6-10-24(11-7-13)18(25)16-3-2-15(14-4-8-23-9-5-14)12-17(16)26-19(20,21)22/h2-3,12-14,23H,4-11H2,1H3. The Hall–Kier alpha value is -1.76. The van der Waals surface area contributed by atoms with E-state index < -0.39 is 6.36 Å². The fourth-order valence-electron chi connectivity index (χ4n) is 3.72. The van der Waals surface area contributed by atoms with Gasteiger partial charge in [-0.05, 0) is 68.3 Å². The second-order valence-electron chi connectivity index (χ2n) is 7.30. The van der Waals surface area contributed by atoms with Crippen LogP contribution < -0.4 is 10.1 Å². The van der Waals surface area contributed by atoms with Crippen molar-refractivity contribution in [1.29, 1.82) is 0 Å².